The molecule has 2 aromatic rings. The molecule has 23 heavy (non-hydrogen) atoms. The Hall–Kier alpha value is -2.70. The minimum Gasteiger partial charge on any atom is -0.461 e. The van der Waals surface area contributed by atoms with E-state index in [9.17, 15) is 14.0 Å². The van der Waals surface area contributed by atoms with Crippen LogP contribution in [0.5, 0.6) is 0 Å². The highest BCUT2D eigenvalue weighted by atomic mass is 19.1. The van der Waals surface area contributed by atoms with Crippen molar-refractivity contribution in [3.8, 4) is 0 Å². The predicted octanol–water partition coefficient (Wildman–Crippen LogP) is 2.42. The number of hydrogen-bond donors (Lipinski definition) is 0. The fraction of sp³-hybridized carbons (Fsp3) is 0.312. The molecule has 0 bridgehead atoms. The summed E-state index contributed by atoms with van der Waals surface area (Å²) in [6.45, 7) is 3.70. The maximum absolute atomic E-state index is 13.8. The summed E-state index contributed by atoms with van der Waals surface area (Å²) in [4.78, 5) is 23.8. The molecule has 0 atom stereocenters. The number of esters is 2. The van der Waals surface area contributed by atoms with Gasteiger partial charge in [-0.1, -0.05) is 18.2 Å². The first-order valence-electron chi connectivity index (χ1n) is 7.22. The van der Waals surface area contributed by atoms with Crippen molar-refractivity contribution >= 4 is 11.9 Å². The van der Waals surface area contributed by atoms with Crippen molar-refractivity contribution in [1.82, 2.24) is 9.78 Å². The van der Waals surface area contributed by atoms with Crippen molar-refractivity contribution in [2.75, 3.05) is 13.2 Å². The molecule has 1 heterocycles. The zero-order valence-electron chi connectivity index (χ0n) is 12.9. The third-order valence-corrected chi connectivity index (χ3v) is 3.03. The van der Waals surface area contributed by atoms with Crippen LogP contribution in [0.4, 0.5) is 4.39 Å². The van der Waals surface area contributed by atoms with Gasteiger partial charge in [-0.25, -0.2) is 14.0 Å². The van der Waals surface area contributed by atoms with E-state index in [1.807, 2.05) is 0 Å². The monoisotopic (exact) mass is 320 g/mol. The molecule has 0 fully saturated rings. The van der Waals surface area contributed by atoms with Crippen molar-refractivity contribution in [3.63, 3.8) is 0 Å². The van der Waals surface area contributed by atoms with Gasteiger partial charge in [0.15, 0.2) is 5.69 Å². The Morgan fingerprint density at radius 2 is 1.78 bits per heavy atom. The highest BCUT2D eigenvalue weighted by Crippen LogP contribution is 2.13. The molecule has 0 aliphatic rings. The van der Waals surface area contributed by atoms with Gasteiger partial charge in [0.05, 0.1) is 19.8 Å². The molecule has 0 unspecified atom stereocenters. The molecular formula is C16H17FN2O4. The van der Waals surface area contributed by atoms with Gasteiger partial charge in [0.25, 0.3) is 0 Å². The summed E-state index contributed by atoms with van der Waals surface area (Å²) in [5.74, 6) is -1.70. The van der Waals surface area contributed by atoms with Crippen LogP contribution in [0.25, 0.3) is 0 Å². The van der Waals surface area contributed by atoms with Crippen molar-refractivity contribution < 1.29 is 23.5 Å². The van der Waals surface area contributed by atoms with Crippen molar-refractivity contribution in [1.29, 1.82) is 0 Å². The van der Waals surface area contributed by atoms with Gasteiger partial charge in [0.2, 0.25) is 0 Å². The van der Waals surface area contributed by atoms with Crippen LogP contribution in [0, 0.1) is 5.82 Å². The zero-order chi connectivity index (χ0) is 16.8. The molecular weight excluding hydrogens is 303 g/mol. The van der Waals surface area contributed by atoms with Gasteiger partial charge in [-0.15, -0.1) is 0 Å². The molecule has 122 valence electrons. The highest BCUT2D eigenvalue weighted by Gasteiger charge is 2.21. The Bertz CT molecular complexity index is 712. The smallest absolute Gasteiger partial charge is 0.358 e. The topological polar surface area (TPSA) is 70.4 Å². The number of ether oxygens (including phenoxy) is 2. The number of benzene rings is 1. The van der Waals surface area contributed by atoms with Gasteiger partial charge >= 0.3 is 11.9 Å². The number of hydrogen-bond acceptors (Lipinski definition) is 5. The Morgan fingerprint density at radius 1 is 1.13 bits per heavy atom. The van der Waals surface area contributed by atoms with E-state index in [-0.39, 0.29) is 31.1 Å². The van der Waals surface area contributed by atoms with Crippen LogP contribution in [-0.4, -0.2) is 34.9 Å². The summed E-state index contributed by atoms with van der Waals surface area (Å²) in [7, 11) is 0. The summed E-state index contributed by atoms with van der Waals surface area (Å²) in [6.07, 6.45) is 0. The standard InChI is InChI=1S/C16H17FN2O4/c1-3-22-15(20)13-9-14(16(21)23-4-2)19(18-13)10-11-7-5-6-8-12(11)17/h5-9H,3-4,10H2,1-2H3. The molecule has 7 heteroatoms. The molecule has 2 rings (SSSR count). The van der Waals surface area contributed by atoms with E-state index in [2.05, 4.69) is 5.10 Å². The van der Waals surface area contributed by atoms with E-state index >= 15 is 0 Å². The van der Waals surface area contributed by atoms with Gasteiger partial charge in [0.1, 0.15) is 11.5 Å². The Morgan fingerprint density at radius 3 is 2.43 bits per heavy atom. The lowest BCUT2D eigenvalue weighted by molar-refractivity contribution is 0.0506. The van der Waals surface area contributed by atoms with Crippen LogP contribution < -0.4 is 0 Å². The molecule has 0 aliphatic heterocycles. The summed E-state index contributed by atoms with van der Waals surface area (Å²) >= 11 is 0. The second-order valence-electron chi connectivity index (χ2n) is 4.60. The fourth-order valence-corrected chi connectivity index (χ4v) is 2.00. The lowest BCUT2D eigenvalue weighted by Crippen LogP contribution is -2.14. The molecule has 0 radical (unpaired) electrons. The first-order valence-corrected chi connectivity index (χ1v) is 7.22. The predicted molar refractivity (Wildman–Crippen MR) is 79.6 cm³/mol. The number of aromatic nitrogens is 2. The van der Waals surface area contributed by atoms with Gasteiger partial charge in [0, 0.05) is 11.6 Å². The third kappa shape index (κ3) is 3.94. The summed E-state index contributed by atoms with van der Waals surface area (Å²) in [6, 6.07) is 7.43. The Labute approximate surface area is 132 Å². The average Bonchev–Trinajstić information content (AvgIpc) is 2.94. The molecule has 0 aliphatic carbocycles. The summed E-state index contributed by atoms with van der Waals surface area (Å²) in [5, 5.41) is 4.04. The molecule has 0 saturated carbocycles. The Balaban J connectivity index is 2.37. The van der Waals surface area contributed by atoms with E-state index in [4.69, 9.17) is 9.47 Å². The van der Waals surface area contributed by atoms with Crippen LogP contribution >= 0.6 is 0 Å². The van der Waals surface area contributed by atoms with E-state index in [1.165, 1.54) is 16.8 Å². The minimum absolute atomic E-state index is 0.000224. The van der Waals surface area contributed by atoms with Crippen LogP contribution in [0.3, 0.4) is 0 Å². The molecule has 6 nitrogen and oxygen atoms in total. The largest absolute Gasteiger partial charge is 0.461 e. The van der Waals surface area contributed by atoms with E-state index in [1.54, 1.807) is 32.0 Å². The van der Waals surface area contributed by atoms with Gasteiger partial charge in [-0.05, 0) is 19.9 Å². The first-order chi connectivity index (χ1) is 11.1. The van der Waals surface area contributed by atoms with Gasteiger partial charge < -0.3 is 9.47 Å². The maximum atomic E-state index is 13.8. The van der Waals surface area contributed by atoms with E-state index in [0.717, 1.165) is 0 Å². The maximum Gasteiger partial charge on any atom is 0.358 e. The second kappa shape index (κ2) is 7.53. The van der Waals surface area contributed by atoms with Crippen molar-refractivity contribution in [2.45, 2.75) is 20.4 Å². The average molecular weight is 320 g/mol. The molecule has 1 aromatic heterocycles. The molecule has 0 spiro atoms. The number of carbonyl (C=O) groups excluding carboxylic acids is 2. The first kappa shape index (κ1) is 16.7. The normalized spacial score (nSPS) is 10.4. The zero-order valence-corrected chi connectivity index (χ0v) is 12.9. The van der Waals surface area contributed by atoms with E-state index in [0.29, 0.717) is 5.56 Å². The van der Waals surface area contributed by atoms with Gasteiger partial charge in [-0.3, -0.25) is 4.68 Å². The summed E-state index contributed by atoms with van der Waals surface area (Å²) in [5.41, 5.74) is 0.390. The molecule has 0 saturated heterocycles. The molecule has 0 N–H and O–H groups in total. The van der Waals surface area contributed by atoms with Crippen LogP contribution in [-0.2, 0) is 16.0 Å². The van der Waals surface area contributed by atoms with Crippen LogP contribution in [0.15, 0.2) is 30.3 Å². The third-order valence-electron chi connectivity index (χ3n) is 3.03. The lowest BCUT2D eigenvalue weighted by atomic mass is 10.2. The summed E-state index contributed by atoms with van der Waals surface area (Å²) < 4.78 is 24.8. The van der Waals surface area contributed by atoms with Crippen LogP contribution in [0.1, 0.15) is 40.4 Å². The van der Waals surface area contributed by atoms with Crippen molar-refractivity contribution in [3.05, 3.63) is 53.1 Å². The fourth-order valence-electron chi connectivity index (χ4n) is 2.00. The SMILES string of the molecule is CCOC(=O)c1cc(C(=O)OCC)n(Cc2ccccc2F)n1. The quantitative estimate of drug-likeness (QED) is 0.765. The lowest BCUT2D eigenvalue weighted by Gasteiger charge is -2.07. The molecule has 0 amide bonds. The van der Waals surface area contributed by atoms with E-state index < -0.39 is 17.8 Å². The van der Waals surface area contributed by atoms with Crippen molar-refractivity contribution in [2.24, 2.45) is 0 Å². The van der Waals surface area contributed by atoms with Crippen LogP contribution in [0.2, 0.25) is 0 Å². The highest BCUT2D eigenvalue weighted by molar-refractivity contribution is 5.93. The van der Waals surface area contributed by atoms with Gasteiger partial charge in [-0.2, -0.15) is 5.10 Å². The number of rotatable bonds is 6. The Kier molecular flexibility index (Phi) is 5.46. The minimum atomic E-state index is -0.648. The number of nitrogens with zero attached hydrogens (tertiary/aromatic N) is 2. The molecule has 1 aromatic carbocycles. The number of carbonyl (C=O) groups is 2. The second-order valence-corrected chi connectivity index (χ2v) is 4.60. The number of halogens is 1.